The van der Waals surface area contributed by atoms with E-state index < -0.39 is 0 Å². The van der Waals surface area contributed by atoms with Gasteiger partial charge in [0.25, 0.3) is 0 Å². The van der Waals surface area contributed by atoms with E-state index in [2.05, 4.69) is 10.1 Å². The fraction of sp³-hybridized carbons (Fsp3) is 0.143. The molecular weight excluding hydrogens is 267 g/mol. The quantitative estimate of drug-likeness (QED) is 0.654. The Morgan fingerprint density at radius 1 is 1.16 bits per heavy atom. The molecular formula is C14H10ClFN2O. The van der Waals surface area contributed by atoms with Crippen LogP contribution in [0.5, 0.6) is 0 Å². The summed E-state index contributed by atoms with van der Waals surface area (Å²) in [7, 11) is 0. The van der Waals surface area contributed by atoms with Crippen molar-refractivity contribution in [1.82, 2.24) is 10.1 Å². The van der Waals surface area contributed by atoms with E-state index in [4.69, 9.17) is 16.1 Å². The van der Waals surface area contributed by atoms with Crippen molar-refractivity contribution in [1.29, 1.82) is 0 Å². The van der Waals surface area contributed by atoms with E-state index >= 15 is 0 Å². The van der Waals surface area contributed by atoms with Gasteiger partial charge in [0.2, 0.25) is 11.7 Å². The number of fused-ring (bicyclic) bond motifs is 1. The molecule has 19 heavy (non-hydrogen) atoms. The molecule has 0 N–H and O–H groups in total. The number of benzene rings is 2. The van der Waals surface area contributed by atoms with Crippen LogP contribution in [-0.4, -0.2) is 10.1 Å². The second-order valence-electron chi connectivity index (χ2n) is 4.21. The van der Waals surface area contributed by atoms with Gasteiger partial charge in [0, 0.05) is 10.9 Å². The molecule has 0 bridgehead atoms. The average molecular weight is 277 g/mol. The van der Waals surface area contributed by atoms with E-state index in [-0.39, 0.29) is 11.2 Å². The lowest BCUT2D eigenvalue weighted by atomic mass is 10.0. The Hall–Kier alpha value is -1.94. The lowest BCUT2D eigenvalue weighted by molar-refractivity contribution is 0.379. The van der Waals surface area contributed by atoms with Gasteiger partial charge in [-0.05, 0) is 24.4 Å². The minimum absolute atomic E-state index is 0.270. The fourth-order valence-electron chi connectivity index (χ4n) is 1.96. The van der Waals surface area contributed by atoms with Crippen LogP contribution in [0, 0.1) is 5.82 Å². The van der Waals surface area contributed by atoms with Crippen LogP contribution < -0.4 is 0 Å². The molecule has 0 spiro atoms. The third kappa shape index (κ3) is 2.08. The molecule has 0 radical (unpaired) electrons. The third-order valence-corrected chi connectivity index (χ3v) is 3.08. The summed E-state index contributed by atoms with van der Waals surface area (Å²) in [5, 5.41) is 4.82. The molecule has 1 aromatic heterocycles. The van der Waals surface area contributed by atoms with Gasteiger partial charge in [0.05, 0.1) is 0 Å². The van der Waals surface area contributed by atoms with Crippen molar-refractivity contribution in [2.75, 3.05) is 0 Å². The molecule has 96 valence electrons. The van der Waals surface area contributed by atoms with Crippen LogP contribution in [0.2, 0.25) is 0 Å². The minimum atomic E-state index is -0.354. The molecule has 1 heterocycles. The molecule has 1 atom stereocenters. The van der Waals surface area contributed by atoms with Crippen LogP contribution in [0.15, 0.2) is 40.9 Å². The molecule has 2 aromatic carbocycles. The molecule has 3 rings (SSSR count). The zero-order chi connectivity index (χ0) is 13.4. The number of nitrogens with zero attached hydrogens (tertiary/aromatic N) is 2. The number of rotatable bonds is 2. The van der Waals surface area contributed by atoms with Crippen LogP contribution in [0.3, 0.4) is 0 Å². The Morgan fingerprint density at radius 2 is 1.89 bits per heavy atom. The maximum atomic E-state index is 13.7. The second kappa shape index (κ2) is 4.63. The summed E-state index contributed by atoms with van der Waals surface area (Å²) in [6, 6.07) is 10.2. The van der Waals surface area contributed by atoms with E-state index in [1.807, 2.05) is 12.1 Å². The van der Waals surface area contributed by atoms with E-state index in [1.165, 1.54) is 6.07 Å². The molecule has 0 aliphatic rings. The van der Waals surface area contributed by atoms with Crippen molar-refractivity contribution < 1.29 is 8.91 Å². The number of alkyl halides is 1. The van der Waals surface area contributed by atoms with Gasteiger partial charge in [-0.3, -0.25) is 0 Å². The van der Waals surface area contributed by atoms with Gasteiger partial charge in [-0.1, -0.05) is 29.4 Å². The summed E-state index contributed by atoms with van der Waals surface area (Å²) in [5.41, 5.74) is 0.726. The van der Waals surface area contributed by atoms with Gasteiger partial charge in [-0.25, -0.2) is 4.39 Å². The van der Waals surface area contributed by atoms with Gasteiger partial charge in [-0.2, -0.15) is 4.98 Å². The molecule has 0 saturated carbocycles. The standard InChI is InChI=1S/C14H10ClFN2O/c1-8(15)14-17-13(18-19-14)11-6-7-12(16)10-5-3-2-4-9(10)11/h2-8H,1H3. The number of hydrogen-bond acceptors (Lipinski definition) is 3. The maximum absolute atomic E-state index is 13.7. The zero-order valence-corrected chi connectivity index (χ0v) is 10.9. The van der Waals surface area contributed by atoms with Crippen LogP contribution in [0.4, 0.5) is 4.39 Å². The van der Waals surface area contributed by atoms with Gasteiger partial charge < -0.3 is 4.52 Å². The van der Waals surface area contributed by atoms with Gasteiger partial charge >= 0.3 is 0 Å². The SMILES string of the molecule is CC(Cl)c1nc(-c2ccc(F)c3ccccc23)no1. The minimum Gasteiger partial charge on any atom is -0.337 e. The highest BCUT2D eigenvalue weighted by atomic mass is 35.5. The van der Waals surface area contributed by atoms with Crippen molar-refractivity contribution in [2.45, 2.75) is 12.3 Å². The Morgan fingerprint density at radius 3 is 2.58 bits per heavy atom. The first-order valence-corrected chi connectivity index (χ1v) is 6.26. The molecule has 3 nitrogen and oxygen atoms in total. The fourth-order valence-corrected chi connectivity index (χ4v) is 2.05. The Bertz CT molecular complexity index is 739. The molecule has 5 heteroatoms. The second-order valence-corrected chi connectivity index (χ2v) is 4.87. The van der Waals surface area contributed by atoms with Crippen LogP contribution >= 0.6 is 11.6 Å². The average Bonchev–Trinajstić information content (AvgIpc) is 2.89. The molecule has 0 aliphatic heterocycles. The van der Waals surface area contributed by atoms with Crippen molar-refractivity contribution in [3.8, 4) is 11.4 Å². The Balaban J connectivity index is 2.22. The molecule has 0 saturated heterocycles. The van der Waals surface area contributed by atoms with Crippen LogP contribution in [0.25, 0.3) is 22.2 Å². The zero-order valence-electron chi connectivity index (χ0n) is 10.1. The first-order valence-electron chi connectivity index (χ1n) is 5.82. The first kappa shape index (κ1) is 12.1. The largest absolute Gasteiger partial charge is 0.337 e. The molecule has 0 aliphatic carbocycles. The predicted octanol–water partition coefficient (Wildman–Crippen LogP) is 4.33. The van der Waals surface area contributed by atoms with Gasteiger partial charge in [0.1, 0.15) is 11.2 Å². The highest BCUT2D eigenvalue weighted by molar-refractivity contribution is 6.20. The smallest absolute Gasteiger partial charge is 0.244 e. The van der Waals surface area contributed by atoms with Gasteiger partial charge in [0.15, 0.2) is 0 Å². The van der Waals surface area contributed by atoms with E-state index in [9.17, 15) is 4.39 Å². The topological polar surface area (TPSA) is 38.9 Å². The summed E-state index contributed by atoms with van der Waals surface area (Å²) < 4.78 is 18.8. The number of aromatic nitrogens is 2. The van der Waals surface area contributed by atoms with Crippen molar-refractivity contribution in [3.63, 3.8) is 0 Å². The van der Waals surface area contributed by atoms with Crippen molar-refractivity contribution >= 4 is 22.4 Å². The van der Waals surface area contributed by atoms with E-state index in [0.29, 0.717) is 17.1 Å². The predicted molar refractivity (Wildman–Crippen MR) is 71.5 cm³/mol. The Labute approximate surface area is 114 Å². The lowest BCUT2D eigenvalue weighted by Gasteiger charge is -2.03. The van der Waals surface area contributed by atoms with E-state index in [1.54, 1.807) is 25.1 Å². The molecule has 1 unspecified atom stereocenters. The lowest BCUT2D eigenvalue weighted by Crippen LogP contribution is -1.88. The summed E-state index contributed by atoms with van der Waals surface area (Å²) in [6.07, 6.45) is 0. The normalized spacial score (nSPS) is 12.8. The monoisotopic (exact) mass is 276 g/mol. The van der Waals surface area contributed by atoms with Gasteiger partial charge in [-0.15, -0.1) is 11.6 Å². The van der Waals surface area contributed by atoms with E-state index in [0.717, 1.165) is 10.9 Å². The van der Waals surface area contributed by atoms with Crippen molar-refractivity contribution in [2.24, 2.45) is 0 Å². The van der Waals surface area contributed by atoms with Crippen LogP contribution in [-0.2, 0) is 0 Å². The highest BCUT2D eigenvalue weighted by Crippen LogP contribution is 2.29. The number of halogens is 2. The Kier molecular flexibility index (Phi) is 2.95. The molecule has 0 fully saturated rings. The molecule has 0 amide bonds. The first-order chi connectivity index (χ1) is 9.16. The van der Waals surface area contributed by atoms with Crippen molar-refractivity contribution in [3.05, 3.63) is 48.1 Å². The third-order valence-electron chi connectivity index (χ3n) is 2.89. The summed E-state index contributed by atoms with van der Waals surface area (Å²) in [5.74, 6) is 0.498. The summed E-state index contributed by atoms with van der Waals surface area (Å²) in [6.45, 7) is 1.75. The summed E-state index contributed by atoms with van der Waals surface area (Å²) in [4.78, 5) is 4.23. The van der Waals surface area contributed by atoms with Crippen LogP contribution in [0.1, 0.15) is 18.2 Å². The number of hydrogen-bond donors (Lipinski definition) is 0. The molecule has 3 aromatic rings. The maximum Gasteiger partial charge on any atom is 0.244 e. The summed E-state index contributed by atoms with van der Waals surface area (Å²) >= 11 is 5.89. The highest BCUT2D eigenvalue weighted by Gasteiger charge is 2.15.